The van der Waals surface area contributed by atoms with Crippen molar-refractivity contribution < 1.29 is 4.79 Å². The monoisotopic (exact) mass is 343 g/mol. The van der Waals surface area contributed by atoms with Crippen molar-refractivity contribution in [1.82, 2.24) is 14.7 Å². The summed E-state index contributed by atoms with van der Waals surface area (Å²) in [5, 5.41) is 0. The number of carbonyl (C=O) groups excluding carboxylic acids is 1. The number of rotatable bonds is 4. The topological polar surface area (TPSA) is 26.8 Å². The van der Waals surface area contributed by atoms with E-state index in [1.54, 1.807) is 0 Å². The Hall–Kier alpha value is -1.39. The van der Waals surface area contributed by atoms with E-state index in [0.717, 1.165) is 45.8 Å². The maximum absolute atomic E-state index is 12.6. The van der Waals surface area contributed by atoms with Crippen LogP contribution in [-0.4, -0.2) is 66.4 Å². The Bertz CT molecular complexity index is 544. The van der Waals surface area contributed by atoms with Gasteiger partial charge in [0.25, 0.3) is 0 Å². The molecular formula is C21H33N3O. The first-order valence-electron chi connectivity index (χ1n) is 9.99. The second-order valence-corrected chi connectivity index (χ2v) is 7.63. The third kappa shape index (κ3) is 5.55. The summed E-state index contributed by atoms with van der Waals surface area (Å²) in [5.41, 5.74) is 2.76. The molecule has 3 rings (SSSR count). The van der Waals surface area contributed by atoms with Crippen molar-refractivity contribution >= 4 is 5.91 Å². The Morgan fingerprint density at radius 2 is 1.48 bits per heavy atom. The average molecular weight is 344 g/mol. The summed E-state index contributed by atoms with van der Waals surface area (Å²) in [4.78, 5) is 19.6. The van der Waals surface area contributed by atoms with E-state index in [2.05, 4.69) is 45.9 Å². The van der Waals surface area contributed by atoms with Crippen LogP contribution >= 0.6 is 0 Å². The van der Waals surface area contributed by atoms with E-state index < -0.39 is 0 Å². The lowest BCUT2D eigenvalue weighted by molar-refractivity contribution is -0.134. The second-order valence-electron chi connectivity index (χ2n) is 7.63. The van der Waals surface area contributed by atoms with Gasteiger partial charge in [-0.1, -0.05) is 43.5 Å². The summed E-state index contributed by atoms with van der Waals surface area (Å²) in [6, 6.07) is 8.61. The molecule has 0 N–H and O–H groups in total. The molecule has 2 aliphatic rings. The standard InChI is InChI=1S/C21H33N3O/c1-19-9-5-6-10-20(19)17-23-13-15-24(16-14-23)21(25)18-22-11-7-3-2-4-8-12-22/h5-6,9-10H,2-4,7-8,11-18H2,1H3. The highest BCUT2D eigenvalue weighted by Gasteiger charge is 2.23. The first-order chi connectivity index (χ1) is 12.2. The SMILES string of the molecule is Cc1ccccc1CN1CCN(C(=O)CN2CCCCCCC2)CC1. The van der Waals surface area contributed by atoms with Gasteiger partial charge in [-0.05, 0) is 44.0 Å². The molecule has 0 aliphatic carbocycles. The number of carbonyl (C=O) groups is 1. The van der Waals surface area contributed by atoms with Crippen LogP contribution in [0.5, 0.6) is 0 Å². The fourth-order valence-electron chi connectivity index (χ4n) is 3.95. The minimum Gasteiger partial charge on any atom is -0.339 e. The molecule has 138 valence electrons. The van der Waals surface area contributed by atoms with Crippen molar-refractivity contribution in [3.8, 4) is 0 Å². The number of benzene rings is 1. The van der Waals surface area contributed by atoms with Crippen LogP contribution in [0.3, 0.4) is 0 Å². The predicted molar refractivity (Wildman–Crippen MR) is 103 cm³/mol. The zero-order valence-electron chi connectivity index (χ0n) is 15.8. The van der Waals surface area contributed by atoms with Gasteiger partial charge < -0.3 is 4.90 Å². The number of amides is 1. The lowest BCUT2D eigenvalue weighted by Gasteiger charge is -2.36. The molecule has 1 aromatic rings. The maximum atomic E-state index is 12.6. The average Bonchev–Trinajstić information content (AvgIpc) is 2.60. The molecule has 0 radical (unpaired) electrons. The van der Waals surface area contributed by atoms with Gasteiger partial charge in [0, 0.05) is 32.7 Å². The van der Waals surface area contributed by atoms with Gasteiger partial charge >= 0.3 is 0 Å². The molecule has 0 atom stereocenters. The molecular weight excluding hydrogens is 310 g/mol. The van der Waals surface area contributed by atoms with Crippen LogP contribution in [0.2, 0.25) is 0 Å². The number of hydrogen-bond donors (Lipinski definition) is 0. The highest BCUT2D eigenvalue weighted by molar-refractivity contribution is 5.78. The van der Waals surface area contributed by atoms with Crippen LogP contribution in [-0.2, 0) is 11.3 Å². The molecule has 4 heteroatoms. The number of hydrogen-bond acceptors (Lipinski definition) is 3. The van der Waals surface area contributed by atoms with Crippen LogP contribution in [0.1, 0.15) is 43.2 Å². The van der Waals surface area contributed by atoms with E-state index >= 15 is 0 Å². The van der Waals surface area contributed by atoms with Crippen molar-refractivity contribution in [1.29, 1.82) is 0 Å². The fraction of sp³-hybridized carbons (Fsp3) is 0.667. The molecule has 0 bridgehead atoms. The van der Waals surface area contributed by atoms with E-state index in [1.807, 2.05) is 0 Å². The minimum atomic E-state index is 0.330. The molecule has 1 aromatic carbocycles. The Morgan fingerprint density at radius 3 is 2.16 bits per heavy atom. The molecule has 4 nitrogen and oxygen atoms in total. The maximum Gasteiger partial charge on any atom is 0.236 e. The number of nitrogens with zero attached hydrogens (tertiary/aromatic N) is 3. The molecule has 2 fully saturated rings. The van der Waals surface area contributed by atoms with Crippen LogP contribution in [0, 0.1) is 6.92 Å². The lowest BCUT2D eigenvalue weighted by Crippen LogP contribution is -2.51. The van der Waals surface area contributed by atoms with Crippen molar-refractivity contribution in [3.63, 3.8) is 0 Å². The summed E-state index contributed by atoms with van der Waals surface area (Å²) in [6.45, 7) is 9.71. The van der Waals surface area contributed by atoms with Crippen molar-refractivity contribution in [2.75, 3.05) is 45.8 Å². The molecule has 2 heterocycles. The number of likely N-dealkylation sites (tertiary alicyclic amines) is 1. The van der Waals surface area contributed by atoms with Crippen LogP contribution in [0.25, 0.3) is 0 Å². The summed E-state index contributed by atoms with van der Waals surface area (Å²) in [6.07, 6.45) is 6.50. The fourth-order valence-corrected chi connectivity index (χ4v) is 3.95. The largest absolute Gasteiger partial charge is 0.339 e. The first kappa shape index (κ1) is 18.4. The molecule has 2 saturated heterocycles. The molecule has 0 aromatic heterocycles. The van der Waals surface area contributed by atoms with Gasteiger partial charge in [0.15, 0.2) is 0 Å². The van der Waals surface area contributed by atoms with Gasteiger partial charge in [-0.25, -0.2) is 0 Å². The van der Waals surface area contributed by atoms with Gasteiger partial charge in [-0.15, -0.1) is 0 Å². The molecule has 2 aliphatic heterocycles. The van der Waals surface area contributed by atoms with E-state index in [-0.39, 0.29) is 0 Å². The Kier molecular flexibility index (Phi) is 6.88. The summed E-state index contributed by atoms with van der Waals surface area (Å²) in [7, 11) is 0. The van der Waals surface area contributed by atoms with Crippen LogP contribution in [0.15, 0.2) is 24.3 Å². The van der Waals surface area contributed by atoms with Gasteiger partial charge in [0.2, 0.25) is 5.91 Å². The smallest absolute Gasteiger partial charge is 0.236 e. The van der Waals surface area contributed by atoms with Gasteiger partial charge in [0.05, 0.1) is 6.54 Å². The zero-order valence-corrected chi connectivity index (χ0v) is 15.8. The predicted octanol–water partition coefficient (Wildman–Crippen LogP) is 2.91. The molecule has 0 spiro atoms. The molecule has 1 amide bonds. The van der Waals surface area contributed by atoms with Crippen LogP contribution in [0.4, 0.5) is 0 Å². The summed E-state index contributed by atoms with van der Waals surface area (Å²) in [5.74, 6) is 0.330. The van der Waals surface area contributed by atoms with Gasteiger partial charge in [0.1, 0.15) is 0 Å². The van der Waals surface area contributed by atoms with Gasteiger partial charge in [-0.3, -0.25) is 14.6 Å². The molecule has 0 unspecified atom stereocenters. The van der Waals surface area contributed by atoms with Crippen molar-refractivity contribution in [2.24, 2.45) is 0 Å². The van der Waals surface area contributed by atoms with Gasteiger partial charge in [-0.2, -0.15) is 0 Å². The summed E-state index contributed by atoms with van der Waals surface area (Å²) < 4.78 is 0. The number of piperazine rings is 1. The lowest BCUT2D eigenvalue weighted by atomic mass is 10.1. The Morgan fingerprint density at radius 1 is 0.840 bits per heavy atom. The highest BCUT2D eigenvalue weighted by Crippen LogP contribution is 2.14. The Labute approximate surface area is 152 Å². The highest BCUT2D eigenvalue weighted by atomic mass is 16.2. The normalized spacial score (nSPS) is 20.9. The third-order valence-electron chi connectivity index (χ3n) is 5.69. The third-order valence-corrected chi connectivity index (χ3v) is 5.69. The van der Waals surface area contributed by atoms with Crippen molar-refractivity contribution in [2.45, 2.75) is 45.6 Å². The minimum absolute atomic E-state index is 0.330. The second kappa shape index (κ2) is 9.35. The molecule has 25 heavy (non-hydrogen) atoms. The van der Waals surface area contributed by atoms with E-state index in [4.69, 9.17) is 0 Å². The number of aryl methyl sites for hydroxylation is 1. The first-order valence-corrected chi connectivity index (χ1v) is 9.99. The van der Waals surface area contributed by atoms with Crippen molar-refractivity contribution in [3.05, 3.63) is 35.4 Å². The van der Waals surface area contributed by atoms with E-state index in [1.165, 1.54) is 43.2 Å². The molecule has 0 saturated carbocycles. The van der Waals surface area contributed by atoms with Crippen LogP contribution < -0.4 is 0 Å². The summed E-state index contributed by atoms with van der Waals surface area (Å²) >= 11 is 0. The quantitative estimate of drug-likeness (QED) is 0.841. The zero-order chi connectivity index (χ0) is 17.5. The van der Waals surface area contributed by atoms with E-state index in [9.17, 15) is 4.79 Å². The van der Waals surface area contributed by atoms with E-state index in [0.29, 0.717) is 12.5 Å². The Balaban J connectivity index is 1.43.